The third kappa shape index (κ3) is 3.33. The Morgan fingerprint density at radius 1 is 1.20 bits per heavy atom. The lowest BCUT2D eigenvalue weighted by atomic mass is 9.93. The van der Waals surface area contributed by atoms with E-state index in [4.69, 9.17) is 9.47 Å². The molecule has 0 radical (unpaired) electrons. The second-order valence-electron chi connectivity index (χ2n) is 5.46. The van der Waals surface area contributed by atoms with E-state index in [0.717, 1.165) is 37.1 Å². The molecule has 1 aromatic rings. The normalized spacial score (nSPS) is 22.4. The number of hydrogen-bond donors (Lipinski definition) is 1. The monoisotopic (exact) mass is 279 g/mol. The topological polar surface area (TPSA) is 46.6 Å². The van der Waals surface area contributed by atoms with Gasteiger partial charge < -0.3 is 19.7 Å². The Morgan fingerprint density at radius 2 is 1.90 bits per heavy atom. The van der Waals surface area contributed by atoms with E-state index >= 15 is 0 Å². The van der Waals surface area contributed by atoms with E-state index in [2.05, 4.69) is 15.2 Å². The molecule has 1 fully saturated rings. The minimum Gasteiger partial charge on any atom is -0.479 e. The van der Waals surface area contributed by atoms with E-state index in [9.17, 15) is 0 Å². The predicted molar refractivity (Wildman–Crippen MR) is 81.8 cm³/mol. The molecule has 1 heterocycles. The summed E-state index contributed by atoms with van der Waals surface area (Å²) in [4.78, 5) is 6.38. The fourth-order valence-electron chi connectivity index (χ4n) is 2.74. The van der Waals surface area contributed by atoms with E-state index in [0.29, 0.717) is 18.0 Å². The highest BCUT2D eigenvalue weighted by atomic mass is 16.5. The van der Waals surface area contributed by atoms with E-state index < -0.39 is 0 Å². The second kappa shape index (κ2) is 6.79. The van der Waals surface area contributed by atoms with E-state index in [-0.39, 0.29) is 0 Å². The molecule has 1 aromatic heterocycles. The largest absolute Gasteiger partial charge is 0.479 e. The molecule has 1 aliphatic carbocycles. The molecule has 20 heavy (non-hydrogen) atoms. The Hall–Kier alpha value is -1.49. The molecule has 0 atom stereocenters. The summed E-state index contributed by atoms with van der Waals surface area (Å²) in [6.07, 6.45) is 6.63. The fraction of sp³-hybridized carbons (Fsp3) is 0.667. The molecule has 0 aromatic carbocycles. The number of methoxy groups -OCH3 is 2. The molecule has 0 aliphatic heterocycles. The summed E-state index contributed by atoms with van der Waals surface area (Å²) in [5.41, 5.74) is 2.09. The standard InChI is InChI=1S/C15H25N3O2/c1-18(2)13-9-10-16-15(20-4)14(13)17-11-5-7-12(19-3)8-6-11/h9-12,17H,5-8H2,1-4H3. The van der Waals surface area contributed by atoms with Crippen molar-refractivity contribution in [1.29, 1.82) is 0 Å². The summed E-state index contributed by atoms with van der Waals surface area (Å²) in [7, 11) is 7.52. The van der Waals surface area contributed by atoms with Crippen molar-refractivity contribution in [2.75, 3.05) is 38.5 Å². The molecule has 2 rings (SSSR count). The molecule has 5 nitrogen and oxygen atoms in total. The summed E-state index contributed by atoms with van der Waals surface area (Å²) in [5, 5.41) is 3.61. The van der Waals surface area contributed by atoms with Crippen molar-refractivity contribution in [3.05, 3.63) is 12.3 Å². The van der Waals surface area contributed by atoms with Gasteiger partial charge in [-0.25, -0.2) is 4.98 Å². The number of anilines is 2. The molecular weight excluding hydrogens is 254 g/mol. The predicted octanol–water partition coefficient (Wildman–Crippen LogP) is 2.53. The van der Waals surface area contributed by atoms with Crippen LogP contribution in [0.25, 0.3) is 0 Å². The van der Waals surface area contributed by atoms with Crippen LogP contribution in [-0.2, 0) is 4.74 Å². The molecule has 0 saturated heterocycles. The third-order valence-electron chi connectivity index (χ3n) is 3.93. The zero-order valence-electron chi connectivity index (χ0n) is 12.8. The first-order chi connectivity index (χ1) is 9.65. The first-order valence-corrected chi connectivity index (χ1v) is 7.15. The molecule has 0 bridgehead atoms. The van der Waals surface area contributed by atoms with Gasteiger partial charge in [-0.1, -0.05) is 0 Å². The van der Waals surface area contributed by atoms with Crippen LogP contribution in [0.15, 0.2) is 12.3 Å². The molecular formula is C15H25N3O2. The van der Waals surface area contributed by atoms with Crippen molar-refractivity contribution in [2.24, 2.45) is 0 Å². The van der Waals surface area contributed by atoms with Gasteiger partial charge in [0.25, 0.3) is 0 Å². The van der Waals surface area contributed by atoms with Crippen molar-refractivity contribution in [1.82, 2.24) is 4.98 Å². The summed E-state index contributed by atoms with van der Waals surface area (Å²) < 4.78 is 10.8. The third-order valence-corrected chi connectivity index (χ3v) is 3.93. The lowest BCUT2D eigenvalue weighted by molar-refractivity contribution is 0.0681. The number of aromatic nitrogens is 1. The van der Waals surface area contributed by atoms with Crippen molar-refractivity contribution in [3.63, 3.8) is 0 Å². The lowest BCUT2D eigenvalue weighted by Crippen LogP contribution is -2.30. The highest BCUT2D eigenvalue weighted by Gasteiger charge is 2.23. The molecule has 0 amide bonds. The Balaban J connectivity index is 2.12. The van der Waals surface area contributed by atoms with Crippen LogP contribution in [0.5, 0.6) is 5.88 Å². The lowest BCUT2D eigenvalue weighted by Gasteiger charge is -2.30. The van der Waals surface area contributed by atoms with Crippen molar-refractivity contribution < 1.29 is 9.47 Å². The fourth-order valence-corrected chi connectivity index (χ4v) is 2.74. The van der Waals surface area contributed by atoms with Gasteiger partial charge in [-0.2, -0.15) is 0 Å². The van der Waals surface area contributed by atoms with Gasteiger partial charge in [-0.3, -0.25) is 0 Å². The molecule has 5 heteroatoms. The van der Waals surface area contributed by atoms with Gasteiger partial charge in [0.1, 0.15) is 5.69 Å². The highest BCUT2D eigenvalue weighted by Crippen LogP contribution is 2.34. The van der Waals surface area contributed by atoms with Gasteiger partial charge in [0.05, 0.1) is 18.9 Å². The van der Waals surface area contributed by atoms with Crippen LogP contribution in [0.1, 0.15) is 25.7 Å². The maximum absolute atomic E-state index is 5.42. The van der Waals surface area contributed by atoms with Crippen LogP contribution >= 0.6 is 0 Å². The molecule has 1 saturated carbocycles. The SMILES string of the molecule is COc1nccc(N(C)C)c1NC1CCC(OC)CC1. The number of nitrogens with zero attached hydrogens (tertiary/aromatic N) is 2. The second-order valence-corrected chi connectivity index (χ2v) is 5.46. The van der Waals surface area contributed by atoms with Crippen LogP contribution in [0.3, 0.4) is 0 Å². The van der Waals surface area contributed by atoms with Gasteiger partial charge in [0, 0.05) is 33.4 Å². The minimum atomic E-state index is 0.414. The van der Waals surface area contributed by atoms with E-state index in [1.807, 2.05) is 20.2 Å². The Morgan fingerprint density at radius 3 is 2.45 bits per heavy atom. The van der Waals surface area contributed by atoms with Gasteiger partial charge in [0.2, 0.25) is 5.88 Å². The van der Waals surface area contributed by atoms with Crippen molar-refractivity contribution in [2.45, 2.75) is 37.8 Å². The zero-order valence-corrected chi connectivity index (χ0v) is 12.8. The highest BCUT2D eigenvalue weighted by molar-refractivity contribution is 5.74. The summed E-state index contributed by atoms with van der Waals surface area (Å²) in [5.74, 6) is 0.657. The number of rotatable bonds is 5. The Kier molecular flexibility index (Phi) is 5.06. The van der Waals surface area contributed by atoms with Gasteiger partial charge in [-0.15, -0.1) is 0 Å². The molecule has 1 aliphatic rings. The van der Waals surface area contributed by atoms with Gasteiger partial charge in [0.15, 0.2) is 0 Å². The maximum atomic E-state index is 5.42. The molecule has 1 N–H and O–H groups in total. The number of pyridine rings is 1. The Labute approximate surface area is 121 Å². The van der Waals surface area contributed by atoms with Crippen LogP contribution in [0, 0.1) is 0 Å². The van der Waals surface area contributed by atoms with E-state index in [1.54, 1.807) is 20.4 Å². The van der Waals surface area contributed by atoms with Gasteiger partial charge >= 0.3 is 0 Å². The first-order valence-electron chi connectivity index (χ1n) is 7.15. The van der Waals surface area contributed by atoms with Crippen molar-refractivity contribution in [3.8, 4) is 5.88 Å². The van der Waals surface area contributed by atoms with Crippen LogP contribution in [-0.4, -0.2) is 45.4 Å². The van der Waals surface area contributed by atoms with Crippen molar-refractivity contribution >= 4 is 11.4 Å². The molecule has 0 spiro atoms. The van der Waals surface area contributed by atoms with Crippen LogP contribution < -0.4 is 15.0 Å². The Bertz CT molecular complexity index is 429. The van der Waals surface area contributed by atoms with Gasteiger partial charge in [-0.05, 0) is 31.7 Å². The number of hydrogen-bond acceptors (Lipinski definition) is 5. The van der Waals surface area contributed by atoms with Crippen LogP contribution in [0.2, 0.25) is 0 Å². The quantitative estimate of drug-likeness (QED) is 0.897. The van der Waals surface area contributed by atoms with E-state index in [1.165, 1.54) is 0 Å². The maximum Gasteiger partial charge on any atom is 0.239 e. The summed E-state index contributed by atoms with van der Waals surface area (Å²) >= 11 is 0. The number of nitrogens with one attached hydrogen (secondary N) is 1. The average molecular weight is 279 g/mol. The average Bonchev–Trinajstić information content (AvgIpc) is 2.48. The molecule has 0 unspecified atom stereocenters. The molecule has 112 valence electrons. The van der Waals surface area contributed by atoms with Crippen LogP contribution in [0.4, 0.5) is 11.4 Å². The summed E-state index contributed by atoms with van der Waals surface area (Å²) in [6, 6.07) is 2.46. The minimum absolute atomic E-state index is 0.414. The zero-order chi connectivity index (χ0) is 14.5. The summed E-state index contributed by atoms with van der Waals surface area (Å²) in [6.45, 7) is 0. The first kappa shape index (κ1) is 14.9. The number of ether oxygens (including phenoxy) is 2. The smallest absolute Gasteiger partial charge is 0.239 e.